The molecule has 0 aliphatic carbocycles. The van der Waals surface area contributed by atoms with Crippen LogP contribution in [0.1, 0.15) is 5.56 Å². The normalized spacial score (nSPS) is 10.3. The lowest BCUT2D eigenvalue weighted by atomic mass is 10.2. The minimum atomic E-state index is -0.00955. The minimum Gasteiger partial charge on any atom is -0.506 e. The Labute approximate surface area is 115 Å². The molecule has 5 heteroatoms. The van der Waals surface area contributed by atoms with Crippen molar-refractivity contribution in [1.82, 2.24) is 0 Å². The molecule has 0 aliphatic heterocycles. The van der Waals surface area contributed by atoms with Crippen LogP contribution in [0, 0.1) is 0 Å². The quantitative estimate of drug-likeness (QED) is 0.664. The van der Waals surface area contributed by atoms with Crippen molar-refractivity contribution in [3.8, 4) is 11.5 Å². The first-order valence-corrected chi connectivity index (χ1v) is 5.98. The molecule has 0 amide bonds. The van der Waals surface area contributed by atoms with Gasteiger partial charge in [-0.2, -0.15) is 0 Å². The molecule has 94 valence electrons. The Balaban J connectivity index is 2.17. The van der Waals surface area contributed by atoms with Crippen molar-refractivity contribution < 1.29 is 9.84 Å². The van der Waals surface area contributed by atoms with E-state index in [1.165, 1.54) is 6.07 Å². The van der Waals surface area contributed by atoms with E-state index in [0.29, 0.717) is 15.8 Å². The number of rotatable bonds is 3. The summed E-state index contributed by atoms with van der Waals surface area (Å²) in [5, 5.41) is 10.4. The third-order valence-electron chi connectivity index (χ3n) is 2.46. The van der Waals surface area contributed by atoms with Gasteiger partial charge in [0.2, 0.25) is 0 Å². The summed E-state index contributed by atoms with van der Waals surface area (Å²) < 4.78 is 5.51. The van der Waals surface area contributed by atoms with Crippen molar-refractivity contribution >= 4 is 28.9 Å². The maximum Gasteiger partial charge on any atom is 0.146 e. The first-order valence-electron chi connectivity index (χ1n) is 5.22. The van der Waals surface area contributed by atoms with Gasteiger partial charge in [-0.15, -0.1) is 0 Å². The zero-order valence-corrected chi connectivity index (χ0v) is 10.9. The lowest BCUT2D eigenvalue weighted by Crippen LogP contribution is -1.99. The van der Waals surface area contributed by atoms with Crippen molar-refractivity contribution in [1.29, 1.82) is 0 Å². The summed E-state index contributed by atoms with van der Waals surface area (Å²) in [5.41, 5.74) is 6.64. The van der Waals surface area contributed by atoms with Gasteiger partial charge in [-0.1, -0.05) is 41.4 Å². The SMILES string of the molecule is Nc1c(O)cccc1OCc1cccc(Cl)c1Cl. The molecule has 2 rings (SSSR count). The zero-order valence-electron chi connectivity index (χ0n) is 9.36. The largest absolute Gasteiger partial charge is 0.506 e. The van der Waals surface area contributed by atoms with E-state index < -0.39 is 0 Å². The number of hydrogen-bond acceptors (Lipinski definition) is 3. The maximum atomic E-state index is 9.44. The van der Waals surface area contributed by atoms with Crippen LogP contribution in [0.15, 0.2) is 36.4 Å². The van der Waals surface area contributed by atoms with E-state index in [2.05, 4.69) is 0 Å². The topological polar surface area (TPSA) is 55.5 Å². The average Bonchev–Trinajstić information content (AvgIpc) is 2.36. The average molecular weight is 284 g/mol. The predicted molar refractivity (Wildman–Crippen MR) is 73.3 cm³/mol. The highest BCUT2D eigenvalue weighted by Crippen LogP contribution is 2.32. The number of para-hydroxylation sites is 1. The summed E-state index contributed by atoms with van der Waals surface area (Å²) in [4.78, 5) is 0. The Morgan fingerprint density at radius 3 is 2.61 bits per heavy atom. The van der Waals surface area contributed by atoms with Gasteiger partial charge in [0, 0.05) is 5.56 Å². The molecular formula is C13H11Cl2NO2. The van der Waals surface area contributed by atoms with Crippen LogP contribution < -0.4 is 10.5 Å². The molecule has 0 spiro atoms. The van der Waals surface area contributed by atoms with Crippen molar-refractivity contribution in [3.05, 3.63) is 52.0 Å². The van der Waals surface area contributed by atoms with Gasteiger partial charge in [0.1, 0.15) is 23.8 Å². The molecule has 3 nitrogen and oxygen atoms in total. The first-order chi connectivity index (χ1) is 8.59. The van der Waals surface area contributed by atoms with Crippen LogP contribution in [0.5, 0.6) is 11.5 Å². The van der Waals surface area contributed by atoms with Crippen LogP contribution in [0.25, 0.3) is 0 Å². The number of aromatic hydroxyl groups is 1. The summed E-state index contributed by atoms with van der Waals surface area (Å²) in [6.07, 6.45) is 0. The number of phenolic OH excluding ortho intramolecular Hbond substituents is 1. The molecule has 0 saturated carbocycles. The Hall–Kier alpha value is -1.58. The van der Waals surface area contributed by atoms with Crippen LogP contribution in [0.3, 0.4) is 0 Å². The van der Waals surface area contributed by atoms with E-state index in [-0.39, 0.29) is 18.0 Å². The molecule has 0 fully saturated rings. The van der Waals surface area contributed by atoms with Gasteiger partial charge in [-0.25, -0.2) is 0 Å². The second-order valence-corrected chi connectivity index (χ2v) is 4.48. The molecule has 0 atom stereocenters. The van der Waals surface area contributed by atoms with Crippen LogP contribution in [0.4, 0.5) is 5.69 Å². The molecule has 0 aromatic heterocycles. The number of benzene rings is 2. The maximum absolute atomic E-state index is 9.44. The second-order valence-electron chi connectivity index (χ2n) is 3.69. The third-order valence-corrected chi connectivity index (χ3v) is 3.32. The highest BCUT2D eigenvalue weighted by Gasteiger charge is 2.08. The predicted octanol–water partition coefficient (Wildman–Crippen LogP) is 3.86. The summed E-state index contributed by atoms with van der Waals surface area (Å²) in [5.74, 6) is 0.399. The van der Waals surface area contributed by atoms with E-state index in [0.717, 1.165) is 5.56 Å². The molecular weight excluding hydrogens is 273 g/mol. The van der Waals surface area contributed by atoms with Crippen molar-refractivity contribution in [2.24, 2.45) is 0 Å². The van der Waals surface area contributed by atoms with E-state index in [1.807, 2.05) is 6.07 Å². The fourth-order valence-electron chi connectivity index (χ4n) is 1.47. The van der Waals surface area contributed by atoms with E-state index in [4.69, 9.17) is 33.7 Å². The highest BCUT2D eigenvalue weighted by molar-refractivity contribution is 6.42. The molecule has 18 heavy (non-hydrogen) atoms. The number of phenols is 1. The van der Waals surface area contributed by atoms with Gasteiger partial charge < -0.3 is 15.6 Å². The summed E-state index contributed by atoms with van der Waals surface area (Å²) in [7, 11) is 0. The number of hydrogen-bond donors (Lipinski definition) is 2. The number of nitrogen functional groups attached to an aromatic ring is 1. The van der Waals surface area contributed by atoms with Crippen LogP contribution in [-0.4, -0.2) is 5.11 Å². The molecule has 0 radical (unpaired) electrons. The van der Waals surface area contributed by atoms with Crippen molar-refractivity contribution in [2.45, 2.75) is 6.61 Å². The third kappa shape index (κ3) is 2.63. The fourth-order valence-corrected chi connectivity index (χ4v) is 1.85. The zero-order chi connectivity index (χ0) is 13.1. The number of anilines is 1. The molecule has 0 heterocycles. The van der Waals surface area contributed by atoms with Gasteiger partial charge in [-0.05, 0) is 18.2 Å². The summed E-state index contributed by atoms with van der Waals surface area (Å²) in [6.45, 7) is 0.229. The number of halogens is 2. The monoisotopic (exact) mass is 283 g/mol. The second kappa shape index (κ2) is 5.38. The standard InChI is InChI=1S/C13H11Cl2NO2/c14-9-4-1-3-8(12(9)15)7-18-11-6-2-5-10(17)13(11)16/h1-6,17H,7,16H2. The molecule has 2 aromatic rings. The smallest absolute Gasteiger partial charge is 0.146 e. The van der Waals surface area contributed by atoms with Crippen molar-refractivity contribution in [2.75, 3.05) is 5.73 Å². The number of nitrogens with two attached hydrogens (primary N) is 1. The lowest BCUT2D eigenvalue weighted by molar-refractivity contribution is 0.306. The molecule has 2 aromatic carbocycles. The van der Waals surface area contributed by atoms with E-state index in [1.54, 1.807) is 24.3 Å². The van der Waals surface area contributed by atoms with Gasteiger partial charge >= 0.3 is 0 Å². The highest BCUT2D eigenvalue weighted by atomic mass is 35.5. The Morgan fingerprint density at radius 2 is 1.83 bits per heavy atom. The van der Waals surface area contributed by atoms with Gasteiger partial charge in [-0.3, -0.25) is 0 Å². The number of ether oxygens (including phenoxy) is 1. The summed E-state index contributed by atoms with van der Waals surface area (Å²) >= 11 is 11.9. The lowest BCUT2D eigenvalue weighted by Gasteiger charge is -2.11. The minimum absolute atomic E-state index is 0.00955. The van der Waals surface area contributed by atoms with Gasteiger partial charge in [0.05, 0.1) is 10.0 Å². The molecule has 0 bridgehead atoms. The molecule has 0 aliphatic rings. The van der Waals surface area contributed by atoms with Crippen molar-refractivity contribution in [3.63, 3.8) is 0 Å². The van der Waals surface area contributed by atoms with E-state index in [9.17, 15) is 5.11 Å². The molecule has 0 saturated heterocycles. The van der Waals surface area contributed by atoms with Crippen LogP contribution >= 0.6 is 23.2 Å². The molecule has 0 unspecified atom stereocenters. The Bertz CT molecular complexity index is 521. The van der Waals surface area contributed by atoms with Gasteiger partial charge in [0.15, 0.2) is 0 Å². The summed E-state index contributed by atoms with van der Waals surface area (Å²) in [6, 6.07) is 10.1. The molecule has 3 N–H and O–H groups in total. The fraction of sp³-hybridized carbons (Fsp3) is 0.0769. The van der Waals surface area contributed by atoms with E-state index >= 15 is 0 Å². The van der Waals surface area contributed by atoms with Gasteiger partial charge in [0.25, 0.3) is 0 Å². The van der Waals surface area contributed by atoms with Crippen LogP contribution in [-0.2, 0) is 6.61 Å². The Morgan fingerprint density at radius 1 is 1.11 bits per heavy atom. The van der Waals surface area contributed by atoms with Crippen LogP contribution in [0.2, 0.25) is 10.0 Å². The first kappa shape index (κ1) is 12.9. The Kier molecular flexibility index (Phi) is 3.84.